The predicted molar refractivity (Wildman–Crippen MR) is 130 cm³/mol. The van der Waals surface area contributed by atoms with Gasteiger partial charge < -0.3 is 20.1 Å². The Morgan fingerprint density at radius 3 is 2.40 bits per heavy atom. The number of amides is 2. The van der Waals surface area contributed by atoms with Gasteiger partial charge in [-0.1, -0.05) is 12.1 Å². The quantitative estimate of drug-likeness (QED) is 0.594. The maximum absolute atomic E-state index is 13.7. The Bertz CT molecular complexity index is 1350. The van der Waals surface area contributed by atoms with E-state index in [4.69, 9.17) is 15.2 Å². The fraction of sp³-hybridized carbons (Fsp3) is 0.308. The average molecular weight is 472 g/mol. The van der Waals surface area contributed by atoms with Gasteiger partial charge in [-0.3, -0.25) is 14.6 Å². The number of nitrogens with two attached hydrogens (primary N) is 1. The average Bonchev–Trinajstić information content (AvgIpc) is 3.31. The van der Waals surface area contributed by atoms with Crippen LogP contribution in [-0.4, -0.2) is 54.3 Å². The lowest BCUT2D eigenvalue weighted by Gasteiger charge is -2.28. The molecule has 0 bridgehead atoms. The lowest BCUT2D eigenvalue weighted by molar-refractivity contribution is 0.0972. The molecular weight excluding hydrogens is 446 g/mol. The Labute approximate surface area is 202 Å². The summed E-state index contributed by atoms with van der Waals surface area (Å²) < 4.78 is 12.5. The summed E-state index contributed by atoms with van der Waals surface area (Å²) in [6.07, 6.45) is 2.52. The first-order valence-corrected chi connectivity index (χ1v) is 11.7. The second-order valence-corrected chi connectivity index (χ2v) is 9.02. The van der Waals surface area contributed by atoms with Gasteiger partial charge in [-0.15, -0.1) is 0 Å². The molecule has 3 aliphatic rings. The fourth-order valence-electron chi connectivity index (χ4n) is 5.05. The summed E-state index contributed by atoms with van der Waals surface area (Å²) in [4.78, 5) is 32.1. The van der Waals surface area contributed by atoms with Crippen LogP contribution in [0.2, 0.25) is 0 Å². The van der Waals surface area contributed by atoms with Gasteiger partial charge in [0.2, 0.25) is 0 Å². The lowest BCUT2D eigenvalue weighted by Crippen LogP contribution is -2.39. The first-order chi connectivity index (χ1) is 17.0. The van der Waals surface area contributed by atoms with E-state index in [1.165, 1.54) is 4.68 Å². The molecule has 2 aromatic carbocycles. The molecule has 9 nitrogen and oxygen atoms in total. The number of aliphatic imine (C=N–C) groups is 1. The van der Waals surface area contributed by atoms with E-state index >= 15 is 0 Å². The van der Waals surface area contributed by atoms with Crippen molar-refractivity contribution in [3.8, 4) is 11.4 Å². The molecule has 1 aliphatic carbocycles. The SMILES string of the molecule is COc1ccc(-n2nc(C(N)=O)c3c2C(=O)N(c2ccc(C4(C5=NCCO5)CC4)cc2)CC3)cc1. The minimum absolute atomic E-state index is 0.114. The molecule has 0 saturated heterocycles. The molecule has 2 amide bonds. The Hall–Kier alpha value is -4.14. The summed E-state index contributed by atoms with van der Waals surface area (Å²) in [5, 5.41) is 4.42. The Morgan fingerprint density at radius 2 is 1.80 bits per heavy atom. The summed E-state index contributed by atoms with van der Waals surface area (Å²) in [6.45, 7) is 1.80. The van der Waals surface area contributed by atoms with Crippen LogP contribution in [0.5, 0.6) is 5.75 Å². The summed E-state index contributed by atoms with van der Waals surface area (Å²) in [7, 11) is 1.59. The van der Waals surface area contributed by atoms with Crippen LogP contribution in [-0.2, 0) is 16.6 Å². The molecule has 6 rings (SSSR count). The van der Waals surface area contributed by atoms with E-state index in [0.29, 0.717) is 42.3 Å². The number of nitrogens with zero attached hydrogens (tertiary/aromatic N) is 4. The number of hydrogen-bond acceptors (Lipinski definition) is 6. The number of anilines is 1. The third kappa shape index (κ3) is 3.38. The summed E-state index contributed by atoms with van der Waals surface area (Å²) in [5.41, 5.74) is 9.15. The summed E-state index contributed by atoms with van der Waals surface area (Å²) in [5.74, 6) is 0.650. The molecule has 2 N–H and O–H groups in total. The highest BCUT2D eigenvalue weighted by atomic mass is 16.5. The van der Waals surface area contributed by atoms with E-state index in [1.54, 1.807) is 36.3 Å². The van der Waals surface area contributed by atoms with E-state index < -0.39 is 5.91 Å². The fourth-order valence-corrected chi connectivity index (χ4v) is 5.05. The van der Waals surface area contributed by atoms with Crippen LogP contribution in [0.1, 0.15) is 44.9 Å². The third-order valence-corrected chi connectivity index (χ3v) is 7.04. The van der Waals surface area contributed by atoms with Gasteiger partial charge in [0.1, 0.15) is 18.1 Å². The lowest BCUT2D eigenvalue weighted by atomic mass is 9.95. The smallest absolute Gasteiger partial charge is 0.277 e. The number of hydrogen-bond donors (Lipinski definition) is 1. The van der Waals surface area contributed by atoms with Gasteiger partial charge in [0.25, 0.3) is 11.8 Å². The predicted octanol–water partition coefficient (Wildman–Crippen LogP) is 2.64. The van der Waals surface area contributed by atoms with E-state index in [2.05, 4.69) is 22.2 Å². The van der Waals surface area contributed by atoms with Gasteiger partial charge >= 0.3 is 0 Å². The number of carbonyl (C=O) groups excluding carboxylic acids is 2. The molecule has 3 aromatic rings. The van der Waals surface area contributed by atoms with Crippen molar-refractivity contribution < 1.29 is 19.1 Å². The maximum Gasteiger partial charge on any atom is 0.277 e. The van der Waals surface area contributed by atoms with Crippen molar-refractivity contribution in [1.82, 2.24) is 9.78 Å². The van der Waals surface area contributed by atoms with Gasteiger partial charge in [0.05, 0.1) is 24.8 Å². The molecular formula is C26H25N5O4. The number of carbonyl (C=O) groups is 2. The molecule has 35 heavy (non-hydrogen) atoms. The largest absolute Gasteiger partial charge is 0.497 e. The van der Waals surface area contributed by atoms with Crippen molar-refractivity contribution in [3.05, 3.63) is 71.0 Å². The highest BCUT2D eigenvalue weighted by Gasteiger charge is 2.51. The molecule has 0 unspecified atom stereocenters. The van der Waals surface area contributed by atoms with Gasteiger partial charge in [0, 0.05) is 17.8 Å². The van der Waals surface area contributed by atoms with Crippen molar-refractivity contribution in [2.24, 2.45) is 10.7 Å². The number of primary amides is 1. The van der Waals surface area contributed by atoms with Crippen molar-refractivity contribution >= 4 is 23.4 Å². The molecule has 178 valence electrons. The molecule has 9 heteroatoms. The van der Waals surface area contributed by atoms with Crippen LogP contribution in [0, 0.1) is 0 Å². The van der Waals surface area contributed by atoms with Crippen molar-refractivity contribution in [2.45, 2.75) is 24.7 Å². The molecule has 2 aliphatic heterocycles. The van der Waals surface area contributed by atoms with Crippen molar-refractivity contribution in [1.29, 1.82) is 0 Å². The molecule has 1 fully saturated rings. The minimum atomic E-state index is -0.647. The maximum atomic E-state index is 13.7. The molecule has 1 aromatic heterocycles. The number of aromatic nitrogens is 2. The molecule has 0 radical (unpaired) electrons. The number of rotatable bonds is 6. The molecule has 0 atom stereocenters. The second-order valence-electron chi connectivity index (χ2n) is 9.02. The summed E-state index contributed by atoms with van der Waals surface area (Å²) in [6, 6.07) is 15.2. The van der Waals surface area contributed by atoms with Crippen LogP contribution in [0.3, 0.4) is 0 Å². The van der Waals surface area contributed by atoms with Gasteiger partial charge in [-0.05, 0) is 61.2 Å². The minimum Gasteiger partial charge on any atom is -0.497 e. The van der Waals surface area contributed by atoms with Crippen molar-refractivity contribution in [3.63, 3.8) is 0 Å². The normalized spacial score (nSPS) is 18.0. The first kappa shape index (κ1) is 21.4. The number of methoxy groups -OCH3 is 1. The zero-order chi connectivity index (χ0) is 24.2. The van der Waals surface area contributed by atoms with E-state index in [9.17, 15) is 9.59 Å². The molecule has 1 saturated carbocycles. The highest BCUT2D eigenvalue weighted by molar-refractivity contribution is 6.09. The number of fused-ring (bicyclic) bond motifs is 1. The zero-order valence-electron chi connectivity index (χ0n) is 19.4. The molecule has 3 heterocycles. The van der Waals surface area contributed by atoms with Crippen LogP contribution >= 0.6 is 0 Å². The van der Waals surface area contributed by atoms with Crippen LogP contribution in [0.4, 0.5) is 5.69 Å². The van der Waals surface area contributed by atoms with Gasteiger partial charge in [-0.2, -0.15) is 5.10 Å². The zero-order valence-corrected chi connectivity index (χ0v) is 19.4. The Balaban J connectivity index is 1.34. The monoisotopic (exact) mass is 471 g/mol. The van der Waals surface area contributed by atoms with E-state index in [1.807, 2.05) is 12.1 Å². The topological polar surface area (TPSA) is 112 Å². The van der Waals surface area contributed by atoms with Gasteiger partial charge in [0.15, 0.2) is 11.6 Å². The Kier molecular flexibility index (Phi) is 4.87. The summed E-state index contributed by atoms with van der Waals surface area (Å²) >= 11 is 0. The third-order valence-electron chi connectivity index (χ3n) is 7.04. The van der Waals surface area contributed by atoms with Crippen LogP contribution < -0.4 is 15.4 Å². The van der Waals surface area contributed by atoms with E-state index in [0.717, 1.165) is 36.5 Å². The number of benzene rings is 2. The molecule has 0 spiro atoms. The number of ether oxygens (including phenoxy) is 2. The standard InChI is InChI=1S/C26H25N5O4/c1-34-19-8-6-18(7-9-19)31-22-20(21(29-31)23(27)32)10-14-30(24(22)33)17-4-2-16(3-5-17)26(11-12-26)25-28-13-15-35-25/h2-9H,10-15H2,1H3,(H2,27,32). The van der Waals surface area contributed by atoms with Crippen LogP contribution in [0.25, 0.3) is 5.69 Å². The first-order valence-electron chi connectivity index (χ1n) is 11.7. The second kappa shape index (κ2) is 7.97. The van der Waals surface area contributed by atoms with Crippen LogP contribution in [0.15, 0.2) is 53.5 Å². The van der Waals surface area contributed by atoms with Crippen molar-refractivity contribution in [2.75, 3.05) is 31.7 Å². The highest BCUT2D eigenvalue weighted by Crippen LogP contribution is 2.50. The van der Waals surface area contributed by atoms with E-state index in [-0.39, 0.29) is 17.0 Å². The Morgan fingerprint density at radius 1 is 1.09 bits per heavy atom. The van der Waals surface area contributed by atoms with Gasteiger partial charge in [-0.25, -0.2) is 4.68 Å².